The predicted octanol–water partition coefficient (Wildman–Crippen LogP) is 3.35. The first kappa shape index (κ1) is 109. The van der Waals surface area contributed by atoms with E-state index in [0.717, 1.165) is 233 Å². The van der Waals surface area contributed by atoms with Gasteiger partial charge in [0.05, 0.1) is 71.7 Å². The molecule has 0 unspecified atom stereocenters. The number of amides is 5. The molecule has 0 radical (unpaired) electrons. The van der Waals surface area contributed by atoms with Crippen LogP contribution in [0.25, 0.3) is 76.3 Å². The van der Waals surface area contributed by atoms with Gasteiger partial charge in [-0.2, -0.15) is 0 Å². The molecule has 7 aromatic carbocycles. The Morgan fingerprint density at radius 2 is 0.688 bits per heavy atom. The van der Waals surface area contributed by atoms with Gasteiger partial charge in [-0.3, -0.25) is 38.4 Å². The van der Waals surface area contributed by atoms with E-state index in [-0.39, 0.29) is 165 Å². The van der Waals surface area contributed by atoms with Crippen molar-refractivity contribution >= 4 is 186 Å². The largest absolute Gasteiger partial charge is 1.00 e. The number of Topliss-reactive ketones (excluding diaryl/α,β-unsaturated/α-hetero) is 1. The number of aromatic amines is 3. The topological polar surface area (TPSA) is 492 Å². The number of carboxylic acid groups (broad SMARTS) is 1. The second-order valence-corrected chi connectivity index (χ2v) is 34.1. The van der Waals surface area contributed by atoms with Gasteiger partial charge < -0.3 is 137 Å². The van der Waals surface area contributed by atoms with Gasteiger partial charge in [0.2, 0.25) is 40.7 Å². The summed E-state index contributed by atoms with van der Waals surface area (Å²) in [6.45, 7) is 13.5. The molecule has 0 bridgehead atoms. The Balaban J connectivity index is 0.000000204. The molecular formula is C100H116BrILiN18NaO16. The Morgan fingerprint density at radius 1 is 0.391 bits per heavy atom. The smallest absolute Gasteiger partial charge is 1.00 e. The summed E-state index contributed by atoms with van der Waals surface area (Å²) in [7, 11) is 4.18. The molecule has 5 amide bonds. The zero-order chi connectivity index (χ0) is 95.7. The normalized spacial score (nSPS) is 13.4. The molecule has 14 aromatic rings. The first-order valence-corrected chi connectivity index (χ1v) is 45.4. The SMILES string of the molecule is C.COC(=O)c1cc2[nH]ccc2cc1N1CCCC1.COC(=O)c1cc2c(ccn2CC(N)=O)cc1N1CCCC1.COC(=O)c1cc2c(ccn2CC(N)=O)cc1N1CCCC1.Cc1cc(=O)[nH]c2ccc(CC(=O)c3cc4c(ccn4CC(N)=O)cc3N3CCCC3)cc12.Cc1cc(=O)[nH]c2ccc(N)cc12.NC(=O)CBr.NC(=O)Cn1ccc2cc(N3CCCC3)c(C(=O)O)cc21.[H-].[I-].[Li+].[Na+]. The summed E-state index contributed by atoms with van der Waals surface area (Å²) in [4.78, 5) is 158. The molecule has 138 heavy (non-hydrogen) atoms. The standard InChI is InChI=1S/C26H26N4O3.2C16H19N3O3.C15H17N3O3.C14H16N2O2.C10H10N2O.C2H4BrNO.CH4.HI.Li.Na.H/c1-16-10-26(33)28-21-5-4-17(11-19(16)21)12-24(31)20-14-22-18(6-9-30(22)15-25(27)32)13-23(20)29-7-2-3-8-29;2*1-22-16(21)12-9-13-11(4-7-19(13)10-15(17)20)8-14(12)18-5-2-3-6-18;16-14(19)9-18-6-3-10-7-13(17-4-1-2-5-17)11(15(20)21)8-12(10)18;1-18-14(17)11-9-12-10(4-5-15-12)8-13(11)16-6-2-3-7-16;1-6-4-10(13)12-9-3-2-7(11)5-8(6)9;3-1-2(4)5;;;;;/h4-6,9-11,13-14H,2-3,7-8,12,15H2,1H3,(H2,27,32)(H,28,33);2*4,7-9H,2-3,5-6,10H2,1H3,(H2,17,20);3,6-8H,1-2,4-5,9H2,(H2,16,19)(H,20,21);4-5,8-9,15H,2-3,6-7H2,1H3;2-5H,11H2,1H3,(H,12,13);1H2,(H2,4,5);1H4;1H;;;/q;;;;;;;;;2*+1;-1/p-1. The summed E-state index contributed by atoms with van der Waals surface area (Å²) in [6.07, 6.45) is 20.6. The fraction of sp³-hybridized carbons (Fsp3) is 0.320. The molecule has 0 atom stereocenters. The quantitative estimate of drug-likeness (QED) is 0.00937. The first-order chi connectivity index (χ1) is 64.4. The van der Waals surface area contributed by atoms with Crippen LogP contribution in [0.4, 0.5) is 34.1 Å². The fourth-order valence-electron chi connectivity index (χ4n) is 17.8. The number of anilines is 6. The van der Waals surface area contributed by atoms with Crippen molar-refractivity contribution in [3.63, 3.8) is 0 Å². The van der Waals surface area contributed by atoms with Crippen LogP contribution >= 0.6 is 15.9 Å². The van der Waals surface area contributed by atoms with Crippen molar-refractivity contribution < 1.29 is 141 Å². The number of aromatic carboxylic acids is 1. The predicted molar refractivity (Wildman–Crippen MR) is 533 cm³/mol. The van der Waals surface area contributed by atoms with E-state index < -0.39 is 29.6 Å². The maximum atomic E-state index is 13.6. The number of ketones is 1. The van der Waals surface area contributed by atoms with E-state index in [4.69, 9.17) is 42.9 Å². The Labute approximate surface area is 857 Å². The Morgan fingerprint density at radius 3 is 1.01 bits per heavy atom. The van der Waals surface area contributed by atoms with Gasteiger partial charge in [-0.05, 0) is 216 Å². The molecule has 16 N–H and O–H groups in total. The number of primary amides is 5. The summed E-state index contributed by atoms with van der Waals surface area (Å²) in [5.41, 5.74) is 47.5. The van der Waals surface area contributed by atoms with Crippen molar-refractivity contribution in [1.29, 1.82) is 0 Å². The van der Waals surface area contributed by atoms with Gasteiger partial charge in [0.15, 0.2) is 5.78 Å². The van der Waals surface area contributed by atoms with Gasteiger partial charge >= 0.3 is 72.3 Å². The fourth-order valence-corrected chi connectivity index (χ4v) is 17.8. The van der Waals surface area contributed by atoms with Crippen LogP contribution < -0.4 is 142 Å². The number of H-pyrrole nitrogens is 3. The number of esters is 3. The summed E-state index contributed by atoms with van der Waals surface area (Å²) >= 11 is 2.84. The summed E-state index contributed by atoms with van der Waals surface area (Å²) < 4.78 is 21.7. The average molecular weight is 2060 g/mol. The number of nitrogens with zero attached hydrogens (tertiary/aromatic N) is 9. The van der Waals surface area contributed by atoms with Crippen molar-refractivity contribution in [3.8, 4) is 0 Å². The molecule has 7 aromatic heterocycles. The number of methoxy groups -OCH3 is 3. The van der Waals surface area contributed by atoms with Gasteiger partial charge in [0.1, 0.15) is 26.2 Å². The van der Waals surface area contributed by atoms with E-state index in [1.165, 1.54) is 34.2 Å². The molecule has 0 spiro atoms. The van der Waals surface area contributed by atoms with Crippen LogP contribution in [0.5, 0.6) is 0 Å². The molecule has 38 heteroatoms. The minimum atomic E-state index is -0.953. The minimum Gasteiger partial charge on any atom is -1.00 e. The third-order valence-electron chi connectivity index (χ3n) is 24.2. The Hall–Kier alpha value is -12.8. The molecular weight excluding hydrogens is 1950 g/mol. The zero-order valence-corrected chi connectivity index (χ0v) is 83.6. The van der Waals surface area contributed by atoms with Crippen LogP contribution in [0.3, 0.4) is 0 Å². The van der Waals surface area contributed by atoms with Crippen LogP contribution in [0.15, 0.2) is 180 Å². The van der Waals surface area contributed by atoms with Gasteiger partial charge in [0, 0.05) is 208 Å². The maximum absolute atomic E-state index is 13.6. The number of hydrogen-bond donors (Lipinski definition) is 10. The van der Waals surface area contributed by atoms with E-state index in [2.05, 4.69) is 73.2 Å². The van der Waals surface area contributed by atoms with E-state index in [9.17, 15) is 62.6 Å². The maximum Gasteiger partial charge on any atom is 1.00 e. The third-order valence-corrected chi connectivity index (χ3v) is 24.7. The van der Waals surface area contributed by atoms with Crippen molar-refractivity contribution in [2.45, 2.75) is 118 Å². The summed E-state index contributed by atoms with van der Waals surface area (Å²) in [5, 5.41) is 16.7. The van der Waals surface area contributed by atoms with Gasteiger partial charge in [0.25, 0.3) is 0 Å². The number of pyridine rings is 2. The molecule has 5 fully saturated rings. The van der Waals surface area contributed by atoms with E-state index in [0.29, 0.717) is 33.5 Å². The summed E-state index contributed by atoms with van der Waals surface area (Å²) in [5.74, 6) is -3.97. The number of aryl methyl sites for hydroxylation is 2. The molecule has 34 nitrogen and oxygen atoms in total. The number of rotatable bonds is 21. The van der Waals surface area contributed by atoms with Crippen LogP contribution in [-0.2, 0) is 70.8 Å². The van der Waals surface area contributed by atoms with Gasteiger partial charge in [-0.1, -0.05) is 29.4 Å². The molecule has 5 aliphatic rings. The second kappa shape index (κ2) is 50.0. The molecule has 12 heterocycles. The van der Waals surface area contributed by atoms with Gasteiger partial charge in [-0.25, -0.2) is 19.2 Å². The van der Waals surface area contributed by atoms with Crippen LogP contribution in [0, 0.1) is 13.8 Å². The van der Waals surface area contributed by atoms with Crippen molar-refractivity contribution in [1.82, 2.24) is 33.2 Å². The molecule has 0 saturated carbocycles. The number of nitrogen functional groups attached to an aromatic ring is 1. The molecule has 19 rings (SSSR count). The number of benzene rings is 7. The number of nitrogens with two attached hydrogens (primary N) is 6. The molecule has 0 aliphatic carbocycles. The van der Waals surface area contributed by atoms with Crippen LogP contribution in [0.2, 0.25) is 0 Å². The number of carbonyl (C=O) groups is 10. The van der Waals surface area contributed by atoms with Crippen molar-refractivity contribution in [3.05, 3.63) is 236 Å². The van der Waals surface area contributed by atoms with Crippen LogP contribution in [-0.4, -0.2) is 190 Å². The van der Waals surface area contributed by atoms with Crippen LogP contribution in [0.1, 0.15) is 142 Å². The van der Waals surface area contributed by atoms with Gasteiger partial charge in [-0.15, -0.1) is 0 Å². The number of alkyl halides is 1. The molecule has 5 saturated heterocycles. The van der Waals surface area contributed by atoms with E-state index in [1.54, 1.807) is 60.9 Å². The monoisotopic (exact) mass is 2060 g/mol. The number of carboxylic acids is 1. The number of nitrogens with one attached hydrogen (secondary N) is 3. The first-order valence-electron chi connectivity index (χ1n) is 44.3. The van der Waals surface area contributed by atoms with Crippen molar-refractivity contribution in [2.24, 2.45) is 28.7 Å². The molecule has 718 valence electrons. The number of halogens is 2. The summed E-state index contributed by atoms with van der Waals surface area (Å²) in [6, 6.07) is 43.0. The number of aromatic nitrogens is 7. The van der Waals surface area contributed by atoms with Crippen molar-refractivity contribution in [2.75, 3.05) is 122 Å². The van der Waals surface area contributed by atoms with E-state index >= 15 is 0 Å². The number of ether oxygens (including phenoxy) is 3. The average Bonchev–Trinajstić information content (AvgIpc) is 1.66. The van der Waals surface area contributed by atoms with E-state index in [1.807, 2.05) is 130 Å². The zero-order valence-electron chi connectivity index (χ0n) is 78.9. The number of fused-ring (bicyclic) bond motifs is 7. The number of carbonyl (C=O) groups excluding carboxylic acids is 9. The Kier molecular flexibility index (Phi) is 39.4. The third kappa shape index (κ3) is 26.7. The number of hydrogen-bond acceptors (Lipinski definition) is 21. The Bertz CT molecular complexity index is 6810. The second-order valence-electron chi connectivity index (χ2n) is 33.6. The molecule has 5 aliphatic heterocycles. The minimum absolute atomic E-state index is 0.